The third-order valence-corrected chi connectivity index (χ3v) is 5.51. The molecule has 0 aliphatic carbocycles. The quantitative estimate of drug-likeness (QED) is 0.682. The van der Waals surface area contributed by atoms with Crippen LogP contribution in [0, 0.1) is 29.0 Å². The highest BCUT2D eigenvalue weighted by Crippen LogP contribution is 2.32. The van der Waals surface area contributed by atoms with Gasteiger partial charge < -0.3 is 19.7 Å². The van der Waals surface area contributed by atoms with E-state index in [-0.39, 0.29) is 50.2 Å². The topological polar surface area (TPSA) is 94.9 Å². The zero-order valence-corrected chi connectivity index (χ0v) is 18.2. The van der Waals surface area contributed by atoms with Gasteiger partial charge in [0.1, 0.15) is 18.1 Å². The number of amides is 2. The number of hydrogen-bond acceptors (Lipinski definition) is 6. The molecule has 2 aliphatic heterocycles. The number of nitrogens with zero attached hydrogens (tertiary/aromatic N) is 3. The normalized spacial score (nSPS) is 23.1. The molecule has 2 fully saturated rings. The fourth-order valence-corrected chi connectivity index (χ4v) is 3.77. The highest BCUT2D eigenvalue weighted by molar-refractivity contribution is 5.90. The molecule has 1 aromatic carbocycles. The predicted octanol–water partition coefficient (Wildman–Crippen LogP) is 3.61. The second kappa shape index (κ2) is 10.5. The van der Waals surface area contributed by atoms with Crippen molar-refractivity contribution in [3.05, 3.63) is 24.0 Å². The maximum atomic E-state index is 14.8. The lowest BCUT2D eigenvalue weighted by Crippen LogP contribution is -2.42. The van der Waals surface area contributed by atoms with E-state index in [4.69, 9.17) is 14.7 Å². The molecule has 0 unspecified atom stereocenters. The van der Waals surface area contributed by atoms with Gasteiger partial charge >= 0.3 is 12.2 Å². The van der Waals surface area contributed by atoms with Gasteiger partial charge in [0.2, 0.25) is 0 Å². The van der Waals surface area contributed by atoms with Gasteiger partial charge in [0.05, 0.1) is 37.1 Å². The average Bonchev–Trinajstić information content (AvgIpc) is 3.13. The predicted molar refractivity (Wildman–Crippen MR) is 114 cm³/mol. The van der Waals surface area contributed by atoms with E-state index in [0.717, 1.165) is 0 Å². The second-order valence-corrected chi connectivity index (χ2v) is 8.50. The summed E-state index contributed by atoms with van der Waals surface area (Å²) >= 11 is 0. The van der Waals surface area contributed by atoms with Gasteiger partial charge in [-0.25, -0.2) is 18.4 Å². The van der Waals surface area contributed by atoms with Gasteiger partial charge in [-0.3, -0.25) is 4.90 Å². The molecule has 1 aromatic rings. The van der Waals surface area contributed by atoms with Crippen molar-refractivity contribution in [2.45, 2.75) is 39.0 Å². The first-order valence-corrected chi connectivity index (χ1v) is 10.7. The van der Waals surface area contributed by atoms with E-state index >= 15 is 0 Å². The first-order valence-electron chi connectivity index (χ1n) is 10.7. The molecule has 10 heteroatoms. The van der Waals surface area contributed by atoms with Crippen molar-refractivity contribution >= 4 is 23.6 Å². The molecule has 0 bridgehead atoms. The molecule has 2 aliphatic rings. The van der Waals surface area contributed by atoms with Gasteiger partial charge in [0, 0.05) is 25.4 Å². The van der Waals surface area contributed by atoms with Gasteiger partial charge in [-0.05, 0) is 30.5 Å². The summed E-state index contributed by atoms with van der Waals surface area (Å²) in [6, 6.07) is 6.32. The monoisotopic (exact) mass is 450 g/mol. The van der Waals surface area contributed by atoms with Crippen LogP contribution in [0.25, 0.3) is 0 Å². The zero-order valence-electron chi connectivity index (χ0n) is 18.2. The number of piperidine rings is 1. The van der Waals surface area contributed by atoms with Crippen molar-refractivity contribution in [2.24, 2.45) is 11.8 Å². The molecular formula is C22H28F2N4O4. The zero-order chi connectivity index (χ0) is 23.3. The molecule has 2 saturated heterocycles. The van der Waals surface area contributed by atoms with Crippen LogP contribution in [0.15, 0.2) is 18.2 Å². The maximum absolute atomic E-state index is 14.8. The van der Waals surface area contributed by atoms with Crippen LogP contribution in [-0.2, 0) is 9.47 Å². The number of alkyl halides is 1. The maximum Gasteiger partial charge on any atom is 0.414 e. The molecule has 32 heavy (non-hydrogen) atoms. The Kier molecular flexibility index (Phi) is 7.72. The summed E-state index contributed by atoms with van der Waals surface area (Å²) in [7, 11) is 0. The SMILES string of the molecule is CC(C)COC(=O)NC[C@H]1CN(c2ccc(N3CC[C@@H](CC#N)[C@H](F)C3)c(F)c2)C(=O)O1. The van der Waals surface area contributed by atoms with Crippen LogP contribution in [0.3, 0.4) is 0 Å². The molecule has 0 aromatic heterocycles. The highest BCUT2D eigenvalue weighted by Gasteiger charge is 2.34. The third-order valence-electron chi connectivity index (χ3n) is 5.51. The summed E-state index contributed by atoms with van der Waals surface area (Å²) in [5.74, 6) is -0.690. The number of rotatable bonds is 7. The summed E-state index contributed by atoms with van der Waals surface area (Å²) in [5, 5.41) is 11.3. The van der Waals surface area contributed by atoms with E-state index in [1.54, 1.807) is 11.0 Å². The van der Waals surface area contributed by atoms with Crippen molar-refractivity contribution < 1.29 is 27.8 Å². The van der Waals surface area contributed by atoms with Crippen molar-refractivity contribution in [3.8, 4) is 6.07 Å². The van der Waals surface area contributed by atoms with Crippen molar-refractivity contribution in [2.75, 3.05) is 42.6 Å². The van der Waals surface area contributed by atoms with Crippen LogP contribution in [0.2, 0.25) is 0 Å². The Bertz CT molecular complexity index is 876. The number of benzene rings is 1. The Hall–Kier alpha value is -3.09. The number of carbonyl (C=O) groups is 2. The number of nitriles is 1. The minimum Gasteiger partial charge on any atom is -0.449 e. The second-order valence-electron chi connectivity index (χ2n) is 8.50. The number of alkyl carbamates (subject to hydrolysis) is 1. The van der Waals surface area contributed by atoms with Crippen molar-refractivity contribution in [1.82, 2.24) is 5.32 Å². The Labute approximate surface area is 186 Å². The fraction of sp³-hybridized carbons (Fsp3) is 0.591. The van der Waals surface area contributed by atoms with Gasteiger partial charge in [0.25, 0.3) is 0 Å². The Balaban J connectivity index is 1.57. The van der Waals surface area contributed by atoms with Gasteiger partial charge in [0.15, 0.2) is 0 Å². The van der Waals surface area contributed by atoms with Crippen molar-refractivity contribution in [1.29, 1.82) is 5.26 Å². The minimum atomic E-state index is -1.20. The van der Waals surface area contributed by atoms with Gasteiger partial charge in [-0.1, -0.05) is 13.8 Å². The summed E-state index contributed by atoms with van der Waals surface area (Å²) in [6.45, 7) is 4.82. The minimum absolute atomic E-state index is 0.0228. The standard InChI is InChI=1S/C22H28F2N4O4/c1-14(2)13-31-21(29)26-10-17-11-28(22(30)32-17)16-3-4-20(18(23)9-16)27-8-6-15(5-7-25)19(24)12-27/h3-4,9,14-15,17,19H,5-6,8,10-13H2,1-2H3,(H,26,29)/t15-,17+,19-/m1/s1. The van der Waals surface area contributed by atoms with E-state index in [2.05, 4.69) is 5.32 Å². The number of nitrogens with one attached hydrogen (secondary N) is 1. The van der Waals surface area contributed by atoms with E-state index in [9.17, 15) is 18.4 Å². The van der Waals surface area contributed by atoms with E-state index in [0.29, 0.717) is 18.7 Å². The smallest absolute Gasteiger partial charge is 0.414 e. The lowest BCUT2D eigenvalue weighted by molar-refractivity contribution is 0.118. The van der Waals surface area contributed by atoms with Crippen LogP contribution in [0.1, 0.15) is 26.7 Å². The number of anilines is 2. The van der Waals surface area contributed by atoms with Crippen LogP contribution in [0.5, 0.6) is 0 Å². The Morgan fingerprint density at radius 3 is 2.84 bits per heavy atom. The molecule has 0 radical (unpaired) electrons. The molecule has 3 atom stereocenters. The Morgan fingerprint density at radius 2 is 2.19 bits per heavy atom. The Morgan fingerprint density at radius 1 is 1.41 bits per heavy atom. The average molecular weight is 450 g/mol. The molecule has 2 amide bonds. The number of carbonyl (C=O) groups excluding carboxylic acids is 2. The third kappa shape index (κ3) is 5.78. The summed E-state index contributed by atoms with van der Waals surface area (Å²) in [5.41, 5.74) is 0.572. The molecule has 0 spiro atoms. The van der Waals surface area contributed by atoms with E-state index in [1.807, 2.05) is 19.9 Å². The lowest BCUT2D eigenvalue weighted by atomic mass is 9.92. The molecule has 3 rings (SSSR count). The van der Waals surface area contributed by atoms with Gasteiger partial charge in [-0.15, -0.1) is 0 Å². The first-order chi connectivity index (χ1) is 15.3. The largest absolute Gasteiger partial charge is 0.449 e. The van der Waals surface area contributed by atoms with Crippen LogP contribution < -0.4 is 15.1 Å². The molecular weight excluding hydrogens is 422 g/mol. The number of cyclic esters (lactones) is 1. The number of hydrogen-bond donors (Lipinski definition) is 1. The van der Waals surface area contributed by atoms with Crippen molar-refractivity contribution in [3.63, 3.8) is 0 Å². The highest BCUT2D eigenvalue weighted by atomic mass is 19.1. The molecule has 0 saturated carbocycles. The molecule has 174 valence electrons. The summed E-state index contributed by atoms with van der Waals surface area (Å²) in [4.78, 5) is 26.8. The molecule has 1 N–H and O–H groups in total. The van der Waals surface area contributed by atoms with Gasteiger partial charge in [-0.2, -0.15) is 5.26 Å². The van der Waals surface area contributed by atoms with Crippen LogP contribution in [0.4, 0.5) is 29.7 Å². The van der Waals surface area contributed by atoms with Crippen LogP contribution >= 0.6 is 0 Å². The first kappa shape index (κ1) is 23.6. The summed E-state index contributed by atoms with van der Waals surface area (Å²) < 4.78 is 39.4. The summed E-state index contributed by atoms with van der Waals surface area (Å²) in [6.07, 6.45) is -2.39. The fourth-order valence-electron chi connectivity index (χ4n) is 3.77. The number of ether oxygens (including phenoxy) is 2. The van der Waals surface area contributed by atoms with Crippen LogP contribution in [-0.4, -0.2) is 57.2 Å². The van der Waals surface area contributed by atoms with E-state index in [1.165, 1.54) is 17.0 Å². The lowest BCUT2D eigenvalue weighted by Gasteiger charge is -2.35. The number of halogens is 2. The molecule has 2 heterocycles. The van der Waals surface area contributed by atoms with E-state index < -0.39 is 30.3 Å². The molecule has 8 nitrogen and oxygen atoms in total.